The Kier molecular flexibility index (Phi) is 3.59. The average molecular weight is 245 g/mol. The molecular weight excluding hydrogens is 222 g/mol. The van der Waals surface area contributed by atoms with Gasteiger partial charge in [-0.3, -0.25) is 0 Å². The molecule has 2 heterocycles. The number of hydrogen-bond acceptors (Lipinski definition) is 3. The lowest BCUT2D eigenvalue weighted by Crippen LogP contribution is -2.47. The zero-order chi connectivity index (χ0) is 11.6. The summed E-state index contributed by atoms with van der Waals surface area (Å²) in [4.78, 5) is 0. The van der Waals surface area contributed by atoms with Gasteiger partial charge in [0.25, 0.3) is 0 Å². The molecule has 0 radical (unpaired) electrons. The highest BCUT2D eigenvalue weighted by molar-refractivity contribution is 7.91. The maximum atomic E-state index is 11.4. The van der Waals surface area contributed by atoms with E-state index in [1.165, 1.54) is 19.3 Å². The van der Waals surface area contributed by atoms with E-state index in [1.807, 2.05) is 0 Å². The van der Waals surface area contributed by atoms with Crippen molar-refractivity contribution in [2.45, 2.75) is 51.0 Å². The molecule has 2 saturated heterocycles. The number of hydrogen-bond donors (Lipinski definition) is 1. The molecular formula is C12H23NO2S. The summed E-state index contributed by atoms with van der Waals surface area (Å²) in [6.07, 6.45) is 6.75. The minimum atomic E-state index is -2.70. The second kappa shape index (κ2) is 4.65. The average Bonchev–Trinajstić information content (AvgIpc) is 2.22. The second-order valence-corrected chi connectivity index (χ2v) is 8.05. The van der Waals surface area contributed by atoms with Gasteiger partial charge in [0.15, 0.2) is 0 Å². The lowest BCUT2D eigenvalue weighted by Gasteiger charge is -2.38. The van der Waals surface area contributed by atoms with Gasteiger partial charge in [-0.05, 0) is 51.5 Å². The highest BCUT2D eigenvalue weighted by atomic mass is 32.2. The Balaban J connectivity index is 1.86. The molecule has 0 amide bonds. The lowest BCUT2D eigenvalue weighted by molar-refractivity contribution is 0.215. The van der Waals surface area contributed by atoms with Crippen molar-refractivity contribution in [3.8, 4) is 0 Å². The molecule has 4 heteroatoms. The third-order valence-corrected chi connectivity index (χ3v) is 5.84. The number of sulfone groups is 1. The Bertz CT molecular complexity index is 317. The van der Waals surface area contributed by atoms with Gasteiger partial charge in [0, 0.05) is 5.54 Å². The van der Waals surface area contributed by atoms with Crippen molar-refractivity contribution in [1.82, 2.24) is 5.32 Å². The Morgan fingerprint density at radius 1 is 1.25 bits per heavy atom. The third kappa shape index (κ3) is 3.20. The topological polar surface area (TPSA) is 46.2 Å². The number of rotatable bonds is 2. The molecule has 0 aromatic rings. The minimum Gasteiger partial charge on any atom is -0.312 e. The predicted molar refractivity (Wildman–Crippen MR) is 66.3 cm³/mol. The summed E-state index contributed by atoms with van der Waals surface area (Å²) in [6.45, 7) is 3.43. The Morgan fingerprint density at radius 3 is 2.50 bits per heavy atom. The molecule has 0 saturated carbocycles. The van der Waals surface area contributed by atoms with Gasteiger partial charge in [0.05, 0.1) is 11.5 Å². The van der Waals surface area contributed by atoms with E-state index in [2.05, 4.69) is 12.2 Å². The van der Waals surface area contributed by atoms with E-state index in [9.17, 15) is 8.42 Å². The van der Waals surface area contributed by atoms with Crippen LogP contribution in [0.15, 0.2) is 0 Å². The lowest BCUT2D eigenvalue weighted by atomic mass is 9.80. The number of nitrogens with one attached hydrogen (secondary N) is 1. The van der Waals surface area contributed by atoms with Crippen molar-refractivity contribution >= 4 is 9.84 Å². The quantitative estimate of drug-likeness (QED) is 0.806. The Morgan fingerprint density at radius 2 is 1.94 bits per heavy atom. The van der Waals surface area contributed by atoms with E-state index >= 15 is 0 Å². The van der Waals surface area contributed by atoms with E-state index < -0.39 is 9.84 Å². The smallest absolute Gasteiger partial charge is 0.150 e. The van der Waals surface area contributed by atoms with Crippen LogP contribution in [-0.4, -0.2) is 32.0 Å². The zero-order valence-corrected chi connectivity index (χ0v) is 11.0. The number of piperidine rings is 1. The first-order chi connectivity index (χ1) is 7.49. The van der Waals surface area contributed by atoms with Gasteiger partial charge in [-0.2, -0.15) is 0 Å². The summed E-state index contributed by atoms with van der Waals surface area (Å²) >= 11 is 0. The van der Waals surface area contributed by atoms with Gasteiger partial charge < -0.3 is 5.32 Å². The summed E-state index contributed by atoms with van der Waals surface area (Å²) in [5.41, 5.74) is 0.268. The molecule has 16 heavy (non-hydrogen) atoms. The Hall–Kier alpha value is -0.0900. The van der Waals surface area contributed by atoms with Crippen LogP contribution < -0.4 is 5.32 Å². The van der Waals surface area contributed by atoms with Crippen LogP contribution in [0, 0.1) is 5.92 Å². The van der Waals surface area contributed by atoms with Crippen molar-refractivity contribution in [1.29, 1.82) is 0 Å². The largest absolute Gasteiger partial charge is 0.312 e. The summed E-state index contributed by atoms with van der Waals surface area (Å²) in [5.74, 6) is 1.43. The molecule has 2 fully saturated rings. The van der Waals surface area contributed by atoms with Gasteiger partial charge in [-0.25, -0.2) is 8.42 Å². The molecule has 0 bridgehead atoms. The van der Waals surface area contributed by atoms with Crippen molar-refractivity contribution in [3.63, 3.8) is 0 Å². The normalized spacial score (nSPS) is 36.1. The van der Waals surface area contributed by atoms with Crippen LogP contribution in [-0.2, 0) is 9.84 Å². The standard InChI is InChI=1S/C12H23NO2S/c1-12(6-2-3-7-13-12)10-11-4-8-16(14,15)9-5-11/h11,13H,2-10H2,1H3. The van der Waals surface area contributed by atoms with E-state index in [0.29, 0.717) is 17.4 Å². The zero-order valence-electron chi connectivity index (χ0n) is 10.2. The predicted octanol–water partition coefficient (Wildman–Crippen LogP) is 1.73. The highest BCUT2D eigenvalue weighted by Crippen LogP contribution is 2.31. The van der Waals surface area contributed by atoms with Crippen molar-refractivity contribution in [3.05, 3.63) is 0 Å². The molecule has 0 aliphatic carbocycles. The van der Waals surface area contributed by atoms with Crippen LogP contribution in [0.5, 0.6) is 0 Å². The maximum absolute atomic E-state index is 11.4. The van der Waals surface area contributed by atoms with Crippen LogP contribution in [0.4, 0.5) is 0 Å². The van der Waals surface area contributed by atoms with E-state index in [4.69, 9.17) is 0 Å². The highest BCUT2D eigenvalue weighted by Gasteiger charge is 2.32. The third-order valence-electron chi connectivity index (χ3n) is 4.12. The van der Waals surface area contributed by atoms with Gasteiger partial charge in [-0.1, -0.05) is 6.42 Å². The van der Waals surface area contributed by atoms with Gasteiger partial charge in [0.2, 0.25) is 0 Å². The molecule has 0 aromatic heterocycles. The van der Waals surface area contributed by atoms with E-state index in [-0.39, 0.29) is 5.54 Å². The van der Waals surface area contributed by atoms with Crippen LogP contribution in [0.3, 0.4) is 0 Å². The minimum absolute atomic E-state index is 0.268. The first kappa shape index (κ1) is 12.4. The van der Waals surface area contributed by atoms with Gasteiger partial charge in [-0.15, -0.1) is 0 Å². The van der Waals surface area contributed by atoms with Crippen molar-refractivity contribution < 1.29 is 8.42 Å². The van der Waals surface area contributed by atoms with Crippen LogP contribution in [0.2, 0.25) is 0 Å². The fourth-order valence-corrected chi connectivity index (χ4v) is 4.66. The SMILES string of the molecule is CC1(CC2CCS(=O)(=O)CC2)CCCCN1. The molecule has 2 aliphatic rings. The molecule has 2 aliphatic heterocycles. The fraction of sp³-hybridized carbons (Fsp3) is 1.00. The van der Waals surface area contributed by atoms with Crippen molar-refractivity contribution in [2.75, 3.05) is 18.1 Å². The fourth-order valence-electron chi connectivity index (χ4n) is 3.07. The second-order valence-electron chi connectivity index (χ2n) is 5.74. The summed E-state index contributed by atoms with van der Waals surface area (Å²) < 4.78 is 22.7. The summed E-state index contributed by atoms with van der Waals surface area (Å²) in [6, 6.07) is 0. The molecule has 0 spiro atoms. The van der Waals surface area contributed by atoms with E-state index in [0.717, 1.165) is 25.8 Å². The molecule has 1 unspecified atom stereocenters. The monoisotopic (exact) mass is 245 g/mol. The molecule has 3 nitrogen and oxygen atoms in total. The maximum Gasteiger partial charge on any atom is 0.150 e. The van der Waals surface area contributed by atoms with Crippen LogP contribution in [0.1, 0.15) is 45.4 Å². The molecule has 1 N–H and O–H groups in total. The first-order valence-corrected chi connectivity index (χ1v) is 8.27. The molecule has 0 aromatic carbocycles. The van der Waals surface area contributed by atoms with Crippen molar-refractivity contribution in [2.24, 2.45) is 5.92 Å². The summed E-state index contributed by atoms with van der Waals surface area (Å²) in [5, 5.41) is 3.61. The van der Waals surface area contributed by atoms with Crippen LogP contribution >= 0.6 is 0 Å². The summed E-state index contributed by atoms with van der Waals surface area (Å²) in [7, 11) is -2.70. The van der Waals surface area contributed by atoms with Crippen LogP contribution in [0.25, 0.3) is 0 Å². The Labute approximate surface area is 98.9 Å². The molecule has 2 rings (SSSR count). The first-order valence-electron chi connectivity index (χ1n) is 6.45. The van der Waals surface area contributed by atoms with Gasteiger partial charge in [0.1, 0.15) is 9.84 Å². The van der Waals surface area contributed by atoms with Gasteiger partial charge >= 0.3 is 0 Å². The van der Waals surface area contributed by atoms with E-state index in [1.54, 1.807) is 0 Å². The molecule has 1 atom stereocenters. The molecule has 94 valence electrons.